The van der Waals surface area contributed by atoms with Crippen molar-refractivity contribution < 1.29 is 9.53 Å². The monoisotopic (exact) mass is 360 g/mol. The van der Waals surface area contributed by atoms with Crippen LogP contribution in [-0.2, 0) is 11.2 Å². The van der Waals surface area contributed by atoms with E-state index in [0.29, 0.717) is 12.8 Å². The van der Waals surface area contributed by atoms with Crippen molar-refractivity contribution >= 4 is 28.1 Å². The van der Waals surface area contributed by atoms with Gasteiger partial charge in [0.25, 0.3) is 0 Å². The molecule has 1 amide bonds. The molecule has 0 radical (unpaired) electrons. The molecule has 0 atom stereocenters. The van der Waals surface area contributed by atoms with Gasteiger partial charge < -0.3 is 4.74 Å². The number of amides is 1. The smallest absolute Gasteiger partial charge is 0.240 e. The maximum absolute atomic E-state index is 11.7. The van der Waals surface area contributed by atoms with E-state index < -0.39 is 0 Å². The van der Waals surface area contributed by atoms with Gasteiger partial charge in [0.2, 0.25) is 5.91 Å². The number of carbonyl (C=O) groups excluding carboxylic acids is 1. The predicted octanol–water partition coefficient (Wildman–Crippen LogP) is 3.54. The van der Waals surface area contributed by atoms with Crippen molar-refractivity contribution in [2.75, 3.05) is 7.11 Å². The Balaban J connectivity index is 1.81. The van der Waals surface area contributed by atoms with Crippen molar-refractivity contribution in [1.82, 2.24) is 5.43 Å². The maximum Gasteiger partial charge on any atom is 0.240 e. The van der Waals surface area contributed by atoms with Crippen molar-refractivity contribution in [3.63, 3.8) is 0 Å². The van der Waals surface area contributed by atoms with E-state index in [0.717, 1.165) is 21.3 Å². The van der Waals surface area contributed by atoms with Crippen LogP contribution in [0.5, 0.6) is 5.75 Å². The Morgan fingerprint density at radius 2 is 2.05 bits per heavy atom. The van der Waals surface area contributed by atoms with Crippen LogP contribution in [0.2, 0.25) is 0 Å². The molecule has 0 aliphatic heterocycles. The number of methoxy groups -OCH3 is 1. The lowest BCUT2D eigenvalue weighted by Crippen LogP contribution is -2.17. The van der Waals surface area contributed by atoms with E-state index in [1.807, 2.05) is 48.5 Å². The summed E-state index contributed by atoms with van der Waals surface area (Å²) in [6, 6.07) is 15.5. The Morgan fingerprint density at radius 1 is 1.27 bits per heavy atom. The summed E-state index contributed by atoms with van der Waals surface area (Å²) in [7, 11) is 1.61. The first-order chi connectivity index (χ1) is 10.7. The molecule has 22 heavy (non-hydrogen) atoms. The van der Waals surface area contributed by atoms with Crippen LogP contribution >= 0.6 is 15.9 Å². The number of nitrogens with one attached hydrogen (secondary N) is 1. The lowest BCUT2D eigenvalue weighted by atomic mass is 10.1. The largest absolute Gasteiger partial charge is 0.496 e. The van der Waals surface area contributed by atoms with E-state index in [2.05, 4.69) is 26.5 Å². The quantitative estimate of drug-likeness (QED) is 0.632. The second kappa shape index (κ2) is 8.34. The van der Waals surface area contributed by atoms with Crippen LogP contribution in [0.25, 0.3) is 0 Å². The van der Waals surface area contributed by atoms with Crippen LogP contribution in [0.15, 0.2) is 58.1 Å². The first-order valence-electron chi connectivity index (χ1n) is 6.88. The van der Waals surface area contributed by atoms with Gasteiger partial charge in [-0.25, -0.2) is 5.43 Å². The minimum absolute atomic E-state index is 0.104. The minimum Gasteiger partial charge on any atom is -0.496 e. The maximum atomic E-state index is 11.7. The Morgan fingerprint density at radius 3 is 2.73 bits per heavy atom. The lowest BCUT2D eigenvalue weighted by molar-refractivity contribution is -0.121. The Hall–Kier alpha value is -2.14. The average molecular weight is 361 g/mol. The fourth-order valence-electron chi connectivity index (χ4n) is 1.90. The van der Waals surface area contributed by atoms with Crippen LogP contribution in [0.3, 0.4) is 0 Å². The van der Waals surface area contributed by atoms with Gasteiger partial charge in [-0.3, -0.25) is 4.79 Å². The normalized spacial score (nSPS) is 10.6. The van der Waals surface area contributed by atoms with Crippen LogP contribution in [0.4, 0.5) is 0 Å². The van der Waals surface area contributed by atoms with Crippen molar-refractivity contribution in [3.8, 4) is 5.75 Å². The number of nitrogens with zero attached hydrogens (tertiary/aromatic N) is 1. The number of ether oxygens (including phenoxy) is 1. The summed E-state index contributed by atoms with van der Waals surface area (Å²) >= 11 is 3.40. The molecule has 5 heteroatoms. The van der Waals surface area contributed by atoms with Crippen LogP contribution < -0.4 is 10.2 Å². The van der Waals surface area contributed by atoms with E-state index in [-0.39, 0.29) is 5.91 Å². The number of aryl methyl sites for hydroxylation is 1. The van der Waals surface area contributed by atoms with Gasteiger partial charge in [-0.2, -0.15) is 5.10 Å². The minimum atomic E-state index is -0.104. The third kappa shape index (κ3) is 5.00. The number of carbonyl (C=O) groups is 1. The Kier molecular flexibility index (Phi) is 6.15. The summed E-state index contributed by atoms with van der Waals surface area (Å²) < 4.78 is 6.00. The molecular weight excluding hydrogens is 344 g/mol. The third-order valence-electron chi connectivity index (χ3n) is 3.06. The molecule has 2 aromatic rings. The van der Waals surface area contributed by atoms with E-state index in [1.165, 1.54) is 0 Å². The van der Waals surface area contributed by atoms with E-state index >= 15 is 0 Å². The van der Waals surface area contributed by atoms with E-state index in [1.54, 1.807) is 13.3 Å². The van der Waals surface area contributed by atoms with E-state index in [9.17, 15) is 4.79 Å². The van der Waals surface area contributed by atoms with Gasteiger partial charge >= 0.3 is 0 Å². The van der Waals surface area contributed by atoms with Gasteiger partial charge in [0.1, 0.15) is 5.75 Å². The summed E-state index contributed by atoms with van der Waals surface area (Å²) in [5.41, 5.74) is 4.54. The molecule has 0 aliphatic rings. The zero-order valence-electron chi connectivity index (χ0n) is 12.3. The number of halogens is 1. The van der Waals surface area contributed by atoms with Gasteiger partial charge in [-0.1, -0.05) is 30.3 Å². The molecule has 2 aromatic carbocycles. The van der Waals surface area contributed by atoms with Crippen LogP contribution in [0.1, 0.15) is 17.5 Å². The van der Waals surface area contributed by atoms with Crippen molar-refractivity contribution in [2.24, 2.45) is 5.10 Å². The highest BCUT2D eigenvalue weighted by molar-refractivity contribution is 9.10. The Labute approximate surface area is 138 Å². The van der Waals surface area contributed by atoms with Gasteiger partial charge in [-0.15, -0.1) is 0 Å². The zero-order valence-corrected chi connectivity index (χ0v) is 13.8. The topological polar surface area (TPSA) is 50.7 Å². The predicted molar refractivity (Wildman–Crippen MR) is 91.2 cm³/mol. The number of hydrazone groups is 1. The van der Waals surface area contributed by atoms with Gasteiger partial charge in [0.05, 0.1) is 17.8 Å². The second-order valence-electron chi connectivity index (χ2n) is 4.67. The highest BCUT2D eigenvalue weighted by Gasteiger charge is 2.01. The molecule has 0 heterocycles. The average Bonchev–Trinajstić information content (AvgIpc) is 2.54. The van der Waals surface area contributed by atoms with Crippen LogP contribution in [-0.4, -0.2) is 19.2 Å². The number of hydrogen-bond donors (Lipinski definition) is 1. The molecular formula is C17H17BrN2O2. The lowest BCUT2D eigenvalue weighted by Gasteiger charge is -2.03. The Bertz CT molecular complexity index is 657. The molecule has 4 nitrogen and oxygen atoms in total. The molecule has 0 saturated carbocycles. The first-order valence-corrected chi connectivity index (χ1v) is 7.67. The van der Waals surface area contributed by atoms with Gasteiger partial charge in [0.15, 0.2) is 0 Å². The van der Waals surface area contributed by atoms with Crippen molar-refractivity contribution in [2.45, 2.75) is 12.8 Å². The summed E-state index contributed by atoms with van der Waals surface area (Å²) in [6.45, 7) is 0. The van der Waals surface area contributed by atoms with E-state index in [4.69, 9.17) is 4.74 Å². The number of rotatable bonds is 6. The highest BCUT2D eigenvalue weighted by atomic mass is 79.9. The SMILES string of the molecule is COc1ccc(C=NNC(=O)CCc2ccccc2)cc1Br. The number of benzene rings is 2. The molecule has 0 fully saturated rings. The van der Waals surface area contributed by atoms with Crippen molar-refractivity contribution in [1.29, 1.82) is 0 Å². The molecule has 0 bridgehead atoms. The summed E-state index contributed by atoms with van der Waals surface area (Å²) in [6.07, 6.45) is 2.72. The molecule has 1 N–H and O–H groups in total. The summed E-state index contributed by atoms with van der Waals surface area (Å²) in [4.78, 5) is 11.7. The third-order valence-corrected chi connectivity index (χ3v) is 3.68. The van der Waals surface area contributed by atoms with Crippen LogP contribution in [0, 0.1) is 0 Å². The fourth-order valence-corrected chi connectivity index (χ4v) is 2.46. The standard InChI is InChI=1S/C17H17BrN2O2/c1-22-16-9-7-14(11-15(16)18)12-19-20-17(21)10-8-13-5-3-2-4-6-13/h2-7,9,11-12H,8,10H2,1H3,(H,20,21). The van der Waals surface area contributed by atoms with Gasteiger partial charge in [0, 0.05) is 6.42 Å². The summed E-state index contributed by atoms with van der Waals surface area (Å²) in [5.74, 6) is 0.650. The molecule has 2 rings (SSSR count). The van der Waals surface area contributed by atoms with Crippen molar-refractivity contribution in [3.05, 3.63) is 64.1 Å². The second-order valence-corrected chi connectivity index (χ2v) is 5.53. The highest BCUT2D eigenvalue weighted by Crippen LogP contribution is 2.24. The molecule has 0 unspecified atom stereocenters. The number of hydrogen-bond acceptors (Lipinski definition) is 3. The van der Waals surface area contributed by atoms with Gasteiger partial charge in [-0.05, 0) is 51.7 Å². The first kappa shape index (κ1) is 16.2. The molecule has 0 saturated heterocycles. The molecule has 0 aliphatic carbocycles. The molecule has 0 aromatic heterocycles. The molecule has 114 valence electrons. The fraction of sp³-hybridized carbons (Fsp3) is 0.176. The summed E-state index contributed by atoms with van der Waals surface area (Å²) in [5, 5.41) is 3.96. The zero-order chi connectivity index (χ0) is 15.8. The molecule has 0 spiro atoms.